The topological polar surface area (TPSA) is 75.4 Å². The van der Waals surface area contributed by atoms with Crippen molar-refractivity contribution in [2.75, 3.05) is 19.6 Å². The van der Waals surface area contributed by atoms with Gasteiger partial charge < -0.3 is 16.0 Å². The van der Waals surface area contributed by atoms with Crippen LogP contribution in [0.3, 0.4) is 0 Å². The highest BCUT2D eigenvalue weighted by molar-refractivity contribution is 7.07. The van der Waals surface area contributed by atoms with Gasteiger partial charge in [-0.2, -0.15) is 11.3 Å². The second-order valence-electron chi connectivity index (χ2n) is 4.80. The first-order valence-corrected chi connectivity index (χ1v) is 7.44. The maximum atomic E-state index is 12.0. The largest absolute Gasteiger partial charge is 0.355 e. The number of nitrogens with one attached hydrogen (secondary N) is 1. The van der Waals surface area contributed by atoms with Crippen LogP contribution in [0.15, 0.2) is 16.8 Å². The summed E-state index contributed by atoms with van der Waals surface area (Å²) in [6, 6.07) is 1.63. The molecule has 1 fully saturated rings. The first-order chi connectivity index (χ1) is 9.16. The minimum Gasteiger partial charge on any atom is -0.355 e. The highest BCUT2D eigenvalue weighted by atomic mass is 32.1. The van der Waals surface area contributed by atoms with Crippen molar-refractivity contribution in [3.05, 3.63) is 22.4 Å². The van der Waals surface area contributed by atoms with Crippen molar-refractivity contribution >= 4 is 23.3 Å². The third-order valence-electron chi connectivity index (χ3n) is 3.40. The van der Waals surface area contributed by atoms with E-state index >= 15 is 0 Å². The van der Waals surface area contributed by atoms with E-state index in [4.69, 9.17) is 5.73 Å². The lowest BCUT2D eigenvalue weighted by molar-refractivity contribution is -0.126. The summed E-state index contributed by atoms with van der Waals surface area (Å²) in [5.41, 5.74) is 6.49. The van der Waals surface area contributed by atoms with Crippen molar-refractivity contribution in [1.29, 1.82) is 0 Å². The van der Waals surface area contributed by atoms with E-state index in [-0.39, 0.29) is 11.8 Å². The summed E-state index contributed by atoms with van der Waals surface area (Å²) in [5.74, 6) is -0.0927. The van der Waals surface area contributed by atoms with Gasteiger partial charge in [0, 0.05) is 19.6 Å². The molecule has 1 aromatic rings. The van der Waals surface area contributed by atoms with Gasteiger partial charge in [0.15, 0.2) is 0 Å². The SMILES string of the molecule is NC(=O)N1CCCC(C(=O)NCCc2ccsc2)C1. The number of carbonyl (C=O) groups is 2. The number of nitrogens with two attached hydrogens (primary N) is 1. The van der Waals surface area contributed by atoms with Gasteiger partial charge in [-0.1, -0.05) is 0 Å². The van der Waals surface area contributed by atoms with Crippen LogP contribution >= 0.6 is 11.3 Å². The normalized spacial score (nSPS) is 19.2. The quantitative estimate of drug-likeness (QED) is 0.870. The highest BCUT2D eigenvalue weighted by Gasteiger charge is 2.26. The molecule has 1 aliphatic heterocycles. The molecule has 3 amide bonds. The molecule has 19 heavy (non-hydrogen) atoms. The molecule has 1 saturated heterocycles. The summed E-state index contributed by atoms with van der Waals surface area (Å²) in [5, 5.41) is 7.05. The van der Waals surface area contributed by atoms with E-state index in [1.807, 2.05) is 5.38 Å². The Labute approximate surface area is 116 Å². The standard InChI is InChI=1S/C13H19N3O2S/c14-13(18)16-6-1-2-11(8-16)12(17)15-5-3-10-4-7-19-9-10/h4,7,9,11H,1-3,5-6,8H2,(H2,14,18)(H,15,17). The molecule has 6 heteroatoms. The number of nitrogens with zero attached hydrogens (tertiary/aromatic N) is 1. The Morgan fingerprint density at radius 3 is 3.05 bits per heavy atom. The van der Waals surface area contributed by atoms with E-state index in [0.717, 1.165) is 19.3 Å². The van der Waals surface area contributed by atoms with Crippen molar-refractivity contribution in [2.45, 2.75) is 19.3 Å². The Morgan fingerprint density at radius 1 is 1.53 bits per heavy atom. The molecule has 2 heterocycles. The molecule has 0 radical (unpaired) electrons. The van der Waals surface area contributed by atoms with Crippen molar-refractivity contribution in [3.8, 4) is 0 Å². The predicted octanol–water partition coefficient (Wildman–Crippen LogP) is 1.20. The summed E-state index contributed by atoms with van der Waals surface area (Å²) in [7, 11) is 0. The smallest absolute Gasteiger partial charge is 0.314 e. The van der Waals surface area contributed by atoms with Crippen LogP contribution in [-0.2, 0) is 11.2 Å². The Bertz CT molecular complexity index is 433. The Balaban J connectivity index is 1.74. The predicted molar refractivity (Wildman–Crippen MR) is 74.9 cm³/mol. The van der Waals surface area contributed by atoms with E-state index < -0.39 is 6.03 Å². The van der Waals surface area contributed by atoms with E-state index in [0.29, 0.717) is 19.6 Å². The number of carbonyl (C=O) groups excluding carboxylic acids is 2. The van der Waals surface area contributed by atoms with Crippen molar-refractivity contribution < 1.29 is 9.59 Å². The molecule has 104 valence electrons. The van der Waals surface area contributed by atoms with Gasteiger partial charge in [0.1, 0.15) is 0 Å². The Kier molecular flexibility index (Phi) is 4.79. The molecule has 0 aliphatic carbocycles. The molecule has 1 aromatic heterocycles. The molecule has 0 aromatic carbocycles. The van der Waals surface area contributed by atoms with Crippen molar-refractivity contribution in [2.24, 2.45) is 11.7 Å². The lowest BCUT2D eigenvalue weighted by atomic mass is 9.97. The summed E-state index contributed by atoms with van der Waals surface area (Å²) in [6.07, 6.45) is 2.51. The fraction of sp³-hybridized carbons (Fsp3) is 0.538. The fourth-order valence-electron chi connectivity index (χ4n) is 2.30. The summed E-state index contributed by atoms with van der Waals surface area (Å²) < 4.78 is 0. The van der Waals surface area contributed by atoms with Gasteiger partial charge >= 0.3 is 6.03 Å². The van der Waals surface area contributed by atoms with Crippen LogP contribution in [0.25, 0.3) is 0 Å². The van der Waals surface area contributed by atoms with Gasteiger partial charge in [-0.3, -0.25) is 4.79 Å². The van der Waals surface area contributed by atoms with E-state index in [9.17, 15) is 9.59 Å². The van der Waals surface area contributed by atoms with E-state index in [2.05, 4.69) is 16.8 Å². The number of urea groups is 1. The maximum Gasteiger partial charge on any atom is 0.314 e. The zero-order valence-electron chi connectivity index (χ0n) is 10.8. The van der Waals surface area contributed by atoms with Gasteiger partial charge in [-0.25, -0.2) is 4.79 Å². The van der Waals surface area contributed by atoms with Crippen molar-refractivity contribution in [3.63, 3.8) is 0 Å². The molecule has 2 rings (SSSR count). The number of rotatable bonds is 4. The molecule has 0 saturated carbocycles. The highest BCUT2D eigenvalue weighted by Crippen LogP contribution is 2.16. The molecular weight excluding hydrogens is 262 g/mol. The zero-order chi connectivity index (χ0) is 13.7. The molecule has 0 bridgehead atoms. The first kappa shape index (κ1) is 13.9. The lowest BCUT2D eigenvalue weighted by Crippen LogP contribution is -2.47. The van der Waals surface area contributed by atoms with Crippen LogP contribution in [0.1, 0.15) is 18.4 Å². The number of hydrogen-bond donors (Lipinski definition) is 2. The monoisotopic (exact) mass is 281 g/mol. The van der Waals surface area contributed by atoms with Gasteiger partial charge in [-0.15, -0.1) is 0 Å². The second-order valence-corrected chi connectivity index (χ2v) is 5.58. The van der Waals surface area contributed by atoms with Crippen molar-refractivity contribution in [1.82, 2.24) is 10.2 Å². The van der Waals surface area contributed by atoms with Crippen LogP contribution < -0.4 is 11.1 Å². The molecular formula is C13H19N3O2S. The van der Waals surface area contributed by atoms with Crippen LogP contribution in [0.2, 0.25) is 0 Å². The number of amides is 3. The third-order valence-corrected chi connectivity index (χ3v) is 4.13. The average molecular weight is 281 g/mol. The minimum atomic E-state index is -0.434. The number of primary amides is 1. The number of thiophene rings is 1. The summed E-state index contributed by atoms with van der Waals surface area (Å²) in [4.78, 5) is 24.7. The maximum absolute atomic E-state index is 12.0. The molecule has 3 N–H and O–H groups in total. The van der Waals surface area contributed by atoms with Gasteiger partial charge in [0.25, 0.3) is 0 Å². The zero-order valence-corrected chi connectivity index (χ0v) is 11.6. The van der Waals surface area contributed by atoms with Crippen LogP contribution in [0, 0.1) is 5.92 Å². The van der Waals surface area contributed by atoms with E-state index in [1.54, 1.807) is 16.2 Å². The van der Waals surface area contributed by atoms with Gasteiger partial charge in [-0.05, 0) is 41.7 Å². The molecule has 1 aliphatic rings. The Hall–Kier alpha value is -1.56. The number of piperidine rings is 1. The van der Waals surface area contributed by atoms with Gasteiger partial charge in [0.2, 0.25) is 5.91 Å². The van der Waals surface area contributed by atoms with Crippen LogP contribution in [-0.4, -0.2) is 36.5 Å². The van der Waals surface area contributed by atoms with Gasteiger partial charge in [0.05, 0.1) is 5.92 Å². The van der Waals surface area contributed by atoms with Crippen LogP contribution in [0.5, 0.6) is 0 Å². The molecule has 0 spiro atoms. The lowest BCUT2D eigenvalue weighted by Gasteiger charge is -2.30. The second kappa shape index (κ2) is 6.56. The molecule has 5 nitrogen and oxygen atoms in total. The fourth-order valence-corrected chi connectivity index (χ4v) is 3.00. The first-order valence-electron chi connectivity index (χ1n) is 6.50. The molecule has 1 unspecified atom stereocenters. The number of hydrogen-bond acceptors (Lipinski definition) is 3. The summed E-state index contributed by atoms with van der Waals surface area (Å²) >= 11 is 1.66. The van der Waals surface area contributed by atoms with E-state index in [1.165, 1.54) is 5.56 Å². The third kappa shape index (κ3) is 3.96. The van der Waals surface area contributed by atoms with Crippen LogP contribution in [0.4, 0.5) is 4.79 Å². The summed E-state index contributed by atoms with van der Waals surface area (Å²) in [6.45, 7) is 1.75. The average Bonchev–Trinajstić information content (AvgIpc) is 2.92. The molecule has 1 atom stereocenters. The number of likely N-dealkylation sites (tertiary alicyclic amines) is 1. The minimum absolute atomic E-state index is 0.0289. The Morgan fingerprint density at radius 2 is 2.37 bits per heavy atom.